The Morgan fingerprint density at radius 3 is 2.50 bits per heavy atom. The van der Waals surface area contributed by atoms with E-state index in [9.17, 15) is 9.90 Å². The van der Waals surface area contributed by atoms with Gasteiger partial charge in [0.2, 0.25) is 0 Å². The van der Waals surface area contributed by atoms with Gasteiger partial charge in [-0.05, 0) is 47.8 Å². The molecule has 0 aromatic heterocycles. The zero-order chi connectivity index (χ0) is 19.1. The van der Waals surface area contributed by atoms with E-state index >= 15 is 0 Å². The van der Waals surface area contributed by atoms with Crippen molar-refractivity contribution < 1.29 is 9.90 Å². The first-order valence-corrected chi connectivity index (χ1v) is 10.5. The standard InChI is InChI=1S/C24H28N2O2/c27-23(28)22-12-18-8-4-5-9-19(18)14-26(22)16-24(10-11-24)15-25-21-13-20(21)17-6-2-1-3-7-17/h1-9,20-22,25H,10-16H2,(H,27,28)/t20?,21?,22-/m1/s1. The van der Waals surface area contributed by atoms with Gasteiger partial charge in [-0.3, -0.25) is 9.69 Å². The maximum absolute atomic E-state index is 11.9. The zero-order valence-electron chi connectivity index (χ0n) is 16.2. The van der Waals surface area contributed by atoms with E-state index in [1.54, 1.807) is 0 Å². The number of nitrogens with zero attached hydrogens (tertiary/aromatic N) is 1. The van der Waals surface area contributed by atoms with Crippen LogP contribution in [0.25, 0.3) is 0 Å². The van der Waals surface area contributed by atoms with Gasteiger partial charge in [0.15, 0.2) is 0 Å². The summed E-state index contributed by atoms with van der Waals surface area (Å²) in [5.41, 5.74) is 4.17. The first-order chi connectivity index (χ1) is 13.6. The third-order valence-electron chi connectivity index (χ3n) is 6.88. The first kappa shape index (κ1) is 17.9. The summed E-state index contributed by atoms with van der Waals surface area (Å²) in [6.07, 6.45) is 4.24. The molecule has 2 fully saturated rings. The van der Waals surface area contributed by atoms with Gasteiger partial charge in [-0.1, -0.05) is 54.6 Å². The third-order valence-corrected chi connectivity index (χ3v) is 6.88. The van der Waals surface area contributed by atoms with Gasteiger partial charge < -0.3 is 10.4 Å². The summed E-state index contributed by atoms with van der Waals surface area (Å²) in [6.45, 7) is 2.64. The van der Waals surface area contributed by atoms with Crippen LogP contribution in [0.1, 0.15) is 41.9 Å². The van der Waals surface area contributed by atoms with Gasteiger partial charge in [0.25, 0.3) is 0 Å². The molecule has 0 bridgehead atoms. The van der Waals surface area contributed by atoms with Crippen LogP contribution in [0.4, 0.5) is 0 Å². The molecule has 2 aromatic carbocycles. The Hall–Kier alpha value is -2.17. The van der Waals surface area contributed by atoms with E-state index in [0.717, 1.165) is 19.6 Å². The van der Waals surface area contributed by atoms with Crippen molar-refractivity contribution in [2.45, 2.75) is 50.2 Å². The molecule has 3 aliphatic rings. The lowest BCUT2D eigenvalue weighted by Gasteiger charge is -2.37. The molecule has 3 atom stereocenters. The van der Waals surface area contributed by atoms with Crippen molar-refractivity contribution in [3.05, 3.63) is 71.3 Å². The molecule has 0 saturated heterocycles. The number of carboxylic acids is 1. The summed E-state index contributed by atoms with van der Waals surface area (Å²) in [5, 5.41) is 13.6. The molecule has 5 rings (SSSR count). The summed E-state index contributed by atoms with van der Waals surface area (Å²) >= 11 is 0. The fourth-order valence-electron chi connectivity index (χ4n) is 4.82. The average molecular weight is 377 g/mol. The maximum atomic E-state index is 11.9. The fraction of sp³-hybridized carbons (Fsp3) is 0.458. The lowest BCUT2D eigenvalue weighted by molar-refractivity contribution is -0.144. The minimum Gasteiger partial charge on any atom is -0.480 e. The zero-order valence-corrected chi connectivity index (χ0v) is 16.2. The van der Waals surface area contributed by atoms with Crippen LogP contribution in [-0.4, -0.2) is 41.1 Å². The van der Waals surface area contributed by atoms with Crippen LogP contribution in [-0.2, 0) is 17.8 Å². The third kappa shape index (κ3) is 3.59. The number of hydrogen-bond donors (Lipinski definition) is 2. The van der Waals surface area contributed by atoms with Crippen molar-refractivity contribution in [3.8, 4) is 0 Å². The largest absolute Gasteiger partial charge is 0.480 e. The quantitative estimate of drug-likeness (QED) is 0.777. The molecule has 2 aliphatic carbocycles. The van der Waals surface area contributed by atoms with Crippen molar-refractivity contribution in [1.82, 2.24) is 10.2 Å². The Morgan fingerprint density at radius 2 is 1.79 bits per heavy atom. The van der Waals surface area contributed by atoms with E-state index in [1.165, 1.54) is 36.0 Å². The molecule has 146 valence electrons. The smallest absolute Gasteiger partial charge is 0.321 e. The molecule has 2 unspecified atom stereocenters. The molecule has 0 amide bonds. The second-order valence-corrected chi connectivity index (χ2v) is 8.97. The van der Waals surface area contributed by atoms with Crippen LogP contribution in [0.2, 0.25) is 0 Å². The highest BCUT2D eigenvalue weighted by atomic mass is 16.4. The van der Waals surface area contributed by atoms with Crippen molar-refractivity contribution in [2.24, 2.45) is 5.41 Å². The van der Waals surface area contributed by atoms with Crippen LogP contribution >= 0.6 is 0 Å². The van der Waals surface area contributed by atoms with Crippen LogP contribution in [0.5, 0.6) is 0 Å². The molecule has 0 radical (unpaired) electrons. The molecule has 2 saturated carbocycles. The average Bonchev–Trinajstić information content (AvgIpc) is 3.63. The molecule has 1 aliphatic heterocycles. The Kier molecular flexibility index (Phi) is 4.48. The molecule has 28 heavy (non-hydrogen) atoms. The number of rotatable bonds is 7. The predicted molar refractivity (Wildman–Crippen MR) is 109 cm³/mol. The highest BCUT2D eigenvalue weighted by Crippen LogP contribution is 2.48. The minimum atomic E-state index is -0.690. The summed E-state index contributed by atoms with van der Waals surface area (Å²) in [4.78, 5) is 14.1. The molecule has 0 spiro atoms. The fourth-order valence-corrected chi connectivity index (χ4v) is 4.82. The number of hydrogen-bond acceptors (Lipinski definition) is 3. The first-order valence-electron chi connectivity index (χ1n) is 10.5. The summed E-state index contributed by atoms with van der Waals surface area (Å²) in [6, 6.07) is 19.2. The summed E-state index contributed by atoms with van der Waals surface area (Å²) < 4.78 is 0. The van der Waals surface area contributed by atoms with Crippen LogP contribution in [0, 0.1) is 5.41 Å². The second kappa shape index (κ2) is 7.02. The maximum Gasteiger partial charge on any atom is 0.321 e. The van der Waals surface area contributed by atoms with Gasteiger partial charge >= 0.3 is 5.97 Å². The van der Waals surface area contributed by atoms with E-state index in [4.69, 9.17) is 0 Å². The Labute approximate surface area is 166 Å². The Morgan fingerprint density at radius 1 is 1.07 bits per heavy atom. The van der Waals surface area contributed by atoms with Gasteiger partial charge in [-0.15, -0.1) is 0 Å². The number of aliphatic carboxylic acids is 1. The molecule has 1 heterocycles. The highest BCUT2D eigenvalue weighted by Gasteiger charge is 2.48. The van der Waals surface area contributed by atoms with Crippen LogP contribution in [0.3, 0.4) is 0 Å². The monoisotopic (exact) mass is 376 g/mol. The number of carboxylic acid groups (broad SMARTS) is 1. The normalized spacial score (nSPS) is 27.8. The Bertz CT molecular complexity index is 862. The highest BCUT2D eigenvalue weighted by molar-refractivity contribution is 5.74. The molecular weight excluding hydrogens is 348 g/mol. The van der Waals surface area contributed by atoms with E-state index in [1.807, 2.05) is 6.07 Å². The number of carbonyl (C=O) groups is 1. The van der Waals surface area contributed by atoms with Crippen LogP contribution in [0.15, 0.2) is 54.6 Å². The van der Waals surface area contributed by atoms with Crippen LogP contribution < -0.4 is 5.32 Å². The number of fused-ring (bicyclic) bond motifs is 1. The summed E-state index contributed by atoms with van der Waals surface area (Å²) in [5.74, 6) is -0.0461. The lowest BCUT2D eigenvalue weighted by Crippen LogP contribution is -2.49. The molecule has 4 heteroatoms. The molecule has 4 nitrogen and oxygen atoms in total. The van der Waals surface area contributed by atoms with Gasteiger partial charge in [0.05, 0.1) is 0 Å². The lowest BCUT2D eigenvalue weighted by atomic mass is 9.92. The van der Waals surface area contributed by atoms with Gasteiger partial charge in [-0.25, -0.2) is 0 Å². The molecule has 2 aromatic rings. The predicted octanol–water partition coefficient (Wildman–Crippen LogP) is 3.42. The van der Waals surface area contributed by atoms with Crippen molar-refractivity contribution in [3.63, 3.8) is 0 Å². The van der Waals surface area contributed by atoms with E-state index < -0.39 is 12.0 Å². The Balaban J connectivity index is 1.21. The van der Waals surface area contributed by atoms with E-state index in [-0.39, 0.29) is 5.41 Å². The van der Waals surface area contributed by atoms with Crippen molar-refractivity contribution >= 4 is 5.97 Å². The SMILES string of the molecule is O=C(O)[C@H]1Cc2ccccc2CN1CC1(CNC2CC2c2ccccc2)CC1. The molecule has 2 N–H and O–H groups in total. The van der Waals surface area contributed by atoms with E-state index in [0.29, 0.717) is 18.4 Å². The van der Waals surface area contributed by atoms with Crippen molar-refractivity contribution in [1.29, 1.82) is 0 Å². The number of nitrogens with one attached hydrogen (secondary N) is 1. The topological polar surface area (TPSA) is 52.6 Å². The van der Waals surface area contributed by atoms with Gasteiger partial charge in [-0.2, -0.15) is 0 Å². The van der Waals surface area contributed by atoms with Crippen molar-refractivity contribution in [2.75, 3.05) is 13.1 Å². The molecular formula is C24H28N2O2. The number of benzene rings is 2. The van der Waals surface area contributed by atoms with E-state index in [2.05, 4.69) is 58.7 Å². The second-order valence-electron chi connectivity index (χ2n) is 8.97. The van der Waals surface area contributed by atoms with Gasteiger partial charge in [0.1, 0.15) is 6.04 Å². The summed E-state index contributed by atoms with van der Waals surface area (Å²) in [7, 11) is 0. The minimum absolute atomic E-state index is 0.254. The van der Waals surface area contributed by atoms with Gasteiger partial charge in [0, 0.05) is 31.6 Å².